The second-order valence-electron chi connectivity index (χ2n) is 5.39. The SMILES string of the molecule is CC1(C)COCCN1S(=O)(=O)c1ccc(C(=O)O)cc1F. The minimum absolute atomic E-state index is 0.120. The number of carboxylic acids is 1. The van der Waals surface area contributed by atoms with E-state index in [9.17, 15) is 17.6 Å². The van der Waals surface area contributed by atoms with Crippen molar-refractivity contribution in [2.24, 2.45) is 0 Å². The fraction of sp³-hybridized carbons (Fsp3) is 0.462. The number of sulfonamides is 1. The van der Waals surface area contributed by atoms with Crippen LogP contribution in [-0.2, 0) is 14.8 Å². The predicted molar refractivity (Wildman–Crippen MR) is 72.1 cm³/mol. The Bertz CT molecular complexity index is 671. The number of benzene rings is 1. The number of aromatic carboxylic acids is 1. The summed E-state index contributed by atoms with van der Waals surface area (Å²) in [5.74, 6) is -2.39. The third-order valence-corrected chi connectivity index (χ3v) is 5.46. The van der Waals surface area contributed by atoms with E-state index in [1.165, 1.54) is 4.31 Å². The molecule has 0 radical (unpaired) electrons. The molecular formula is C13H16FNO5S. The topological polar surface area (TPSA) is 83.9 Å². The van der Waals surface area contributed by atoms with Crippen LogP contribution in [0, 0.1) is 5.82 Å². The fourth-order valence-electron chi connectivity index (χ4n) is 2.25. The van der Waals surface area contributed by atoms with Gasteiger partial charge < -0.3 is 9.84 Å². The van der Waals surface area contributed by atoms with E-state index in [1.807, 2.05) is 0 Å². The molecule has 1 heterocycles. The van der Waals surface area contributed by atoms with Gasteiger partial charge in [0.2, 0.25) is 10.0 Å². The average molecular weight is 317 g/mol. The maximum atomic E-state index is 14.0. The average Bonchev–Trinajstić information content (AvgIpc) is 2.37. The minimum Gasteiger partial charge on any atom is -0.478 e. The number of hydrogen-bond donors (Lipinski definition) is 1. The summed E-state index contributed by atoms with van der Waals surface area (Å²) in [4.78, 5) is 10.3. The van der Waals surface area contributed by atoms with Crippen LogP contribution in [0.15, 0.2) is 23.1 Å². The molecule has 2 rings (SSSR count). The predicted octanol–water partition coefficient (Wildman–Crippen LogP) is 1.32. The Hall–Kier alpha value is -1.51. The van der Waals surface area contributed by atoms with Crippen molar-refractivity contribution in [3.05, 3.63) is 29.6 Å². The van der Waals surface area contributed by atoms with Gasteiger partial charge in [-0.05, 0) is 32.0 Å². The number of carbonyl (C=O) groups is 1. The summed E-state index contributed by atoms with van der Waals surface area (Å²) in [7, 11) is -4.06. The lowest BCUT2D eigenvalue weighted by atomic mass is 10.1. The van der Waals surface area contributed by atoms with Crippen molar-refractivity contribution >= 4 is 16.0 Å². The van der Waals surface area contributed by atoms with Gasteiger partial charge in [-0.3, -0.25) is 0 Å². The molecule has 1 aliphatic rings. The van der Waals surface area contributed by atoms with E-state index < -0.39 is 32.2 Å². The van der Waals surface area contributed by atoms with Crippen LogP contribution < -0.4 is 0 Å². The maximum Gasteiger partial charge on any atom is 0.335 e. The fourth-order valence-corrected chi connectivity index (χ4v) is 4.05. The molecule has 0 aliphatic carbocycles. The Morgan fingerprint density at radius 3 is 2.62 bits per heavy atom. The summed E-state index contributed by atoms with van der Waals surface area (Å²) in [6, 6.07) is 2.77. The van der Waals surface area contributed by atoms with Gasteiger partial charge in [0.05, 0.1) is 24.3 Å². The van der Waals surface area contributed by atoms with Crippen molar-refractivity contribution in [2.45, 2.75) is 24.3 Å². The van der Waals surface area contributed by atoms with E-state index in [2.05, 4.69) is 0 Å². The summed E-state index contributed by atoms with van der Waals surface area (Å²) in [5, 5.41) is 8.79. The van der Waals surface area contributed by atoms with Crippen LogP contribution in [0.5, 0.6) is 0 Å². The third kappa shape index (κ3) is 2.92. The second-order valence-corrected chi connectivity index (χ2v) is 7.22. The number of halogens is 1. The second kappa shape index (κ2) is 5.36. The molecule has 116 valence electrons. The van der Waals surface area contributed by atoms with Crippen LogP contribution in [0.2, 0.25) is 0 Å². The van der Waals surface area contributed by atoms with Crippen molar-refractivity contribution in [3.63, 3.8) is 0 Å². The summed E-state index contributed by atoms with van der Waals surface area (Å²) in [6.07, 6.45) is 0. The Morgan fingerprint density at radius 1 is 1.43 bits per heavy atom. The molecule has 21 heavy (non-hydrogen) atoms. The zero-order valence-electron chi connectivity index (χ0n) is 11.7. The summed E-state index contributed by atoms with van der Waals surface area (Å²) in [6.45, 7) is 3.94. The molecule has 0 saturated carbocycles. The van der Waals surface area contributed by atoms with Gasteiger partial charge in [-0.25, -0.2) is 17.6 Å². The molecule has 0 bridgehead atoms. The van der Waals surface area contributed by atoms with Crippen molar-refractivity contribution in [1.29, 1.82) is 0 Å². The standard InChI is InChI=1S/C13H16FNO5S/c1-13(2)8-20-6-5-15(13)21(18,19)11-4-3-9(12(16)17)7-10(11)14/h3-4,7H,5-6,8H2,1-2H3,(H,16,17). The molecule has 1 saturated heterocycles. The number of carboxylic acid groups (broad SMARTS) is 1. The molecule has 1 aromatic rings. The van der Waals surface area contributed by atoms with Gasteiger partial charge in [-0.1, -0.05) is 0 Å². The highest BCUT2D eigenvalue weighted by atomic mass is 32.2. The molecule has 0 unspecified atom stereocenters. The molecule has 1 aliphatic heterocycles. The highest BCUT2D eigenvalue weighted by Crippen LogP contribution is 2.29. The van der Waals surface area contributed by atoms with Crippen molar-refractivity contribution in [1.82, 2.24) is 4.31 Å². The van der Waals surface area contributed by atoms with Gasteiger partial charge in [0.15, 0.2) is 0 Å². The number of ether oxygens (including phenoxy) is 1. The van der Waals surface area contributed by atoms with Gasteiger partial charge in [-0.2, -0.15) is 4.31 Å². The quantitative estimate of drug-likeness (QED) is 0.909. The lowest BCUT2D eigenvalue weighted by molar-refractivity contribution is -0.00779. The largest absolute Gasteiger partial charge is 0.478 e. The molecule has 0 spiro atoms. The van der Waals surface area contributed by atoms with Crippen LogP contribution in [-0.4, -0.2) is 49.1 Å². The molecule has 1 fully saturated rings. The van der Waals surface area contributed by atoms with Gasteiger partial charge in [0.1, 0.15) is 10.7 Å². The van der Waals surface area contributed by atoms with E-state index in [-0.39, 0.29) is 25.3 Å². The Balaban J connectivity index is 2.47. The van der Waals surface area contributed by atoms with E-state index in [0.717, 1.165) is 12.1 Å². The van der Waals surface area contributed by atoms with E-state index in [4.69, 9.17) is 9.84 Å². The molecule has 6 nitrogen and oxygen atoms in total. The van der Waals surface area contributed by atoms with Crippen molar-refractivity contribution in [2.75, 3.05) is 19.8 Å². The highest BCUT2D eigenvalue weighted by Gasteiger charge is 2.40. The minimum atomic E-state index is -4.06. The smallest absolute Gasteiger partial charge is 0.335 e. The Kier molecular flexibility index (Phi) is 4.05. The third-order valence-electron chi connectivity index (χ3n) is 3.32. The molecule has 0 atom stereocenters. The number of rotatable bonds is 3. The monoisotopic (exact) mass is 317 g/mol. The Morgan fingerprint density at radius 2 is 2.10 bits per heavy atom. The highest BCUT2D eigenvalue weighted by molar-refractivity contribution is 7.89. The molecule has 1 aromatic carbocycles. The lowest BCUT2D eigenvalue weighted by Gasteiger charge is -2.40. The van der Waals surface area contributed by atoms with Crippen LogP contribution in [0.1, 0.15) is 24.2 Å². The van der Waals surface area contributed by atoms with Crippen molar-refractivity contribution in [3.8, 4) is 0 Å². The number of morpholine rings is 1. The van der Waals surface area contributed by atoms with E-state index in [0.29, 0.717) is 6.07 Å². The molecular weight excluding hydrogens is 301 g/mol. The number of hydrogen-bond acceptors (Lipinski definition) is 4. The first kappa shape index (κ1) is 15.9. The first-order valence-electron chi connectivity index (χ1n) is 6.30. The molecule has 1 N–H and O–H groups in total. The van der Waals surface area contributed by atoms with Gasteiger partial charge in [-0.15, -0.1) is 0 Å². The maximum absolute atomic E-state index is 14.0. The normalized spacial score (nSPS) is 19.4. The van der Waals surface area contributed by atoms with E-state index in [1.54, 1.807) is 13.8 Å². The molecule has 8 heteroatoms. The lowest BCUT2D eigenvalue weighted by Crippen LogP contribution is -2.55. The van der Waals surface area contributed by atoms with Crippen LogP contribution in [0.4, 0.5) is 4.39 Å². The van der Waals surface area contributed by atoms with Crippen LogP contribution >= 0.6 is 0 Å². The summed E-state index contributed by atoms with van der Waals surface area (Å²) >= 11 is 0. The summed E-state index contributed by atoms with van der Waals surface area (Å²) in [5.41, 5.74) is -1.10. The van der Waals surface area contributed by atoms with Crippen LogP contribution in [0.3, 0.4) is 0 Å². The van der Waals surface area contributed by atoms with Gasteiger partial charge in [0, 0.05) is 6.54 Å². The Labute approximate surface area is 122 Å². The van der Waals surface area contributed by atoms with Crippen LogP contribution in [0.25, 0.3) is 0 Å². The first-order chi connectivity index (χ1) is 9.66. The van der Waals surface area contributed by atoms with Gasteiger partial charge >= 0.3 is 5.97 Å². The first-order valence-corrected chi connectivity index (χ1v) is 7.74. The number of nitrogens with zero attached hydrogens (tertiary/aromatic N) is 1. The summed E-state index contributed by atoms with van der Waals surface area (Å²) < 4.78 is 45.6. The molecule has 0 amide bonds. The zero-order valence-corrected chi connectivity index (χ0v) is 12.5. The van der Waals surface area contributed by atoms with Crippen molar-refractivity contribution < 1.29 is 27.4 Å². The van der Waals surface area contributed by atoms with E-state index >= 15 is 0 Å². The zero-order chi connectivity index (χ0) is 15.8. The molecule has 0 aromatic heterocycles. The van der Waals surface area contributed by atoms with Gasteiger partial charge in [0.25, 0.3) is 0 Å².